The Morgan fingerprint density at radius 1 is 1.11 bits per heavy atom. The summed E-state index contributed by atoms with van der Waals surface area (Å²) in [5.41, 5.74) is 0. The zero-order chi connectivity index (χ0) is 18.9. The number of rotatable bonds is 4. The number of para-hydroxylation sites is 1. The number of hydrogen-bond acceptors (Lipinski definition) is 5. The van der Waals surface area contributed by atoms with Crippen molar-refractivity contribution in [3.05, 3.63) is 30.1 Å². The molecule has 3 saturated heterocycles. The van der Waals surface area contributed by atoms with E-state index in [1.807, 2.05) is 4.90 Å². The van der Waals surface area contributed by atoms with Gasteiger partial charge in [0.2, 0.25) is 5.91 Å². The standard InChI is InChI=1S/C19H23FN2O5/c20-15-3-1-2-4-16(15)25-13-17(23)22-11-14(12-22)18(24)21-7-5-19(6-8-21)26-9-10-27-19/h1-4,14H,5-13H2. The summed E-state index contributed by atoms with van der Waals surface area (Å²) >= 11 is 0. The van der Waals surface area contributed by atoms with Gasteiger partial charge in [-0.05, 0) is 12.1 Å². The molecule has 0 unspecified atom stereocenters. The van der Waals surface area contributed by atoms with E-state index in [-0.39, 0.29) is 30.1 Å². The van der Waals surface area contributed by atoms with Gasteiger partial charge in [0.1, 0.15) is 0 Å². The largest absolute Gasteiger partial charge is 0.481 e. The Kier molecular flexibility index (Phi) is 5.01. The zero-order valence-corrected chi connectivity index (χ0v) is 15.1. The minimum atomic E-state index is -0.500. The first-order valence-electron chi connectivity index (χ1n) is 9.28. The van der Waals surface area contributed by atoms with E-state index in [0.29, 0.717) is 52.2 Å². The highest BCUT2D eigenvalue weighted by atomic mass is 19.1. The average molecular weight is 378 g/mol. The number of halogens is 1. The van der Waals surface area contributed by atoms with Crippen LogP contribution in [0.15, 0.2) is 24.3 Å². The van der Waals surface area contributed by atoms with Gasteiger partial charge in [-0.3, -0.25) is 9.59 Å². The minimum absolute atomic E-state index is 0.0533. The lowest BCUT2D eigenvalue weighted by Gasteiger charge is -2.43. The van der Waals surface area contributed by atoms with Crippen molar-refractivity contribution in [1.82, 2.24) is 9.80 Å². The molecule has 0 N–H and O–H groups in total. The first-order valence-corrected chi connectivity index (χ1v) is 9.28. The molecule has 0 radical (unpaired) electrons. The maximum Gasteiger partial charge on any atom is 0.260 e. The summed E-state index contributed by atoms with van der Waals surface area (Å²) < 4.78 is 30.1. The highest BCUT2D eigenvalue weighted by Gasteiger charge is 2.44. The molecule has 2 amide bonds. The molecule has 3 aliphatic rings. The number of piperidine rings is 1. The molecule has 8 heteroatoms. The van der Waals surface area contributed by atoms with Crippen LogP contribution in [0.3, 0.4) is 0 Å². The van der Waals surface area contributed by atoms with Gasteiger partial charge < -0.3 is 24.0 Å². The van der Waals surface area contributed by atoms with Crippen molar-refractivity contribution < 1.29 is 28.2 Å². The summed E-state index contributed by atoms with van der Waals surface area (Å²) in [7, 11) is 0. The second-order valence-corrected chi connectivity index (χ2v) is 7.15. The Bertz CT molecular complexity index is 706. The maximum absolute atomic E-state index is 13.5. The molecular weight excluding hydrogens is 355 g/mol. The third kappa shape index (κ3) is 3.77. The molecule has 1 aromatic rings. The normalized spacial score (nSPS) is 22.0. The molecule has 0 aromatic heterocycles. The molecule has 1 spiro atoms. The van der Waals surface area contributed by atoms with E-state index in [9.17, 15) is 14.0 Å². The zero-order valence-electron chi connectivity index (χ0n) is 15.1. The fourth-order valence-corrected chi connectivity index (χ4v) is 3.74. The van der Waals surface area contributed by atoms with Gasteiger partial charge in [-0.1, -0.05) is 12.1 Å². The molecule has 146 valence electrons. The smallest absolute Gasteiger partial charge is 0.260 e. The summed E-state index contributed by atoms with van der Waals surface area (Å²) in [5, 5.41) is 0. The van der Waals surface area contributed by atoms with Gasteiger partial charge in [-0.2, -0.15) is 0 Å². The molecule has 0 saturated carbocycles. The topological polar surface area (TPSA) is 68.3 Å². The van der Waals surface area contributed by atoms with Crippen LogP contribution >= 0.6 is 0 Å². The fourth-order valence-electron chi connectivity index (χ4n) is 3.74. The first-order chi connectivity index (χ1) is 13.1. The van der Waals surface area contributed by atoms with E-state index >= 15 is 0 Å². The number of amides is 2. The Hall–Kier alpha value is -2.19. The number of benzene rings is 1. The van der Waals surface area contributed by atoms with Crippen LogP contribution in [0, 0.1) is 11.7 Å². The second kappa shape index (κ2) is 7.44. The molecule has 27 heavy (non-hydrogen) atoms. The van der Waals surface area contributed by atoms with E-state index in [1.165, 1.54) is 12.1 Å². The summed E-state index contributed by atoms with van der Waals surface area (Å²) in [5.74, 6) is -1.29. The predicted octanol–water partition coefficient (Wildman–Crippen LogP) is 1.03. The van der Waals surface area contributed by atoms with E-state index in [2.05, 4.69) is 0 Å². The van der Waals surface area contributed by atoms with Gasteiger partial charge in [0.15, 0.2) is 24.0 Å². The van der Waals surface area contributed by atoms with E-state index < -0.39 is 11.6 Å². The van der Waals surface area contributed by atoms with Crippen LogP contribution in [0.4, 0.5) is 4.39 Å². The second-order valence-electron chi connectivity index (χ2n) is 7.15. The number of carbonyl (C=O) groups excluding carboxylic acids is 2. The van der Waals surface area contributed by atoms with Crippen LogP contribution < -0.4 is 4.74 Å². The van der Waals surface area contributed by atoms with Crippen molar-refractivity contribution in [2.75, 3.05) is 46.0 Å². The van der Waals surface area contributed by atoms with Crippen molar-refractivity contribution in [3.63, 3.8) is 0 Å². The lowest BCUT2D eigenvalue weighted by atomic mass is 9.95. The van der Waals surface area contributed by atoms with Gasteiger partial charge in [0.25, 0.3) is 5.91 Å². The van der Waals surface area contributed by atoms with E-state index in [0.717, 1.165) is 0 Å². The molecule has 0 atom stereocenters. The summed E-state index contributed by atoms with van der Waals surface area (Å²) in [4.78, 5) is 28.1. The summed E-state index contributed by atoms with van der Waals surface area (Å²) in [6, 6.07) is 5.96. The monoisotopic (exact) mass is 378 g/mol. The number of nitrogens with zero attached hydrogens (tertiary/aromatic N) is 2. The molecule has 0 bridgehead atoms. The Morgan fingerprint density at radius 3 is 2.44 bits per heavy atom. The SMILES string of the molecule is O=C(COc1ccccc1F)N1CC(C(=O)N2CCC3(CC2)OCCO3)C1. The molecule has 0 aliphatic carbocycles. The number of likely N-dealkylation sites (tertiary alicyclic amines) is 2. The van der Waals surface area contributed by atoms with Crippen molar-refractivity contribution in [3.8, 4) is 5.75 Å². The van der Waals surface area contributed by atoms with Gasteiger partial charge in [0, 0.05) is 39.0 Å². The molecule has 3 heterocycles. The van der Waals surface area contributed by atoms with Gasteiger partial charge in [-0.15, -0.1) is 0 Å². The van der Waals surface area contributed by atoms with Crippen LogP contribution in [0.25, 0.3) is 0 Å². The van der Waals surface area contributed by atoms with Gasteiger partial charge in [0.05, 0.1) is 19.1 Å². The van der Waals surface area contributed by atoms with Crippen molar-refractivity contribution in [1.29, 1.82) is 0 Å². The molecule has 3 fully saturated rings. The lowest BCUT2D eigenvalue weighted by molar-refractivity contribution is -0.189. The highest BCUT2D eigenvalue weighted by molar-refractivity contribution is 5.85. The molecule has 3 aliphatic heterocycles. The molecule has 7 nitrogen and oxygen atoms in total. The Labute approximate surface area is 157 Å². The molecular formula is C19H23FN2O5. The maximum atomic E-state index is 13.5. The first kappa shape index (κ1) is 18.2. The number of hydrogen-bond donors (Lipinski definition) is 0. The van der Waals surface area contributed by atoms with Crippen molar-refractivity contribution in [2.45, 2.75) is 18.6 Å². The van der Waals surface area contributed by atoms with Crippen LogP contribution in [-0.2, 0) is 19.1 Å². The minimum Gasteiger partial charge on any atom is -0.481 e. The Morgan fingerprint density at radius 2 is 1.78 bits per heavy atom. The predicted molar refractivity (Wildman–Crippen MR) is 92.4 cm³/mol. The lowest BCUT2D eigenvalue weighted by Crippen LogP contribution is -2.59. The fraction of sp³-hybridized carbons (Fsp3) is 0.579. The van der Waals surface area contributed by atoms with Gasteiger partial charge in [-0.25, -0.2) is 4.39 Å². The molecule has 4 rings (SSSR count). The third-order valence-electron chi connectivity index (χ3n) is 5.42. The number of ether oxygens (including phenoxy) is 3. The molecule has 1 aromatic carbocycles. The summed E-state index contributed by atoms with van der Waals surface area (Å²) in [6.07, 6.45) is 1.37. The third-order valence-corrected chi connectivity index (χ3v) is 5.42. The van der Waals surface area contributed by atoms with Crippen LogP contribution in [-0.4, -0.2) is 73.4 Å². The summed E-state index contributed by atoms with van der Waals surface area (Å²) in [6.45, 7) is 2.98. The average Bonchev–Trinajstić information content (AvgIpc) is 3.08. The van der Waals surface area contributed by atoms with E-state index in [1.54, 1.807) is 17.0 Å². The highest BCUT2D eigenvalue weighted by Crippen LogP contribution is 2.32. The quantitative estimate of drug-likeness (QED) is 0.783. The number of carbonyl (C=O) groups is 2. The van der Waals surface area contributed by atoms with Gasteiger partial charge >= 0.3 is 0 Å². The van der Waals surface area contributed by atoms with E-state index in [4.69, 9.17) is 14.2 Å². The van der Waals surface area contributed by atoms with Crippen LogP contribution in [0.5, 0.6) is 5.75 Å². The van der Waals surface area contributed by atoms with Crippen LogP contribution in [0.2, 0.25) is 0 Å². The van der Waals surface area contributed by atoms with Crippen molar-refractivity contribution >= 4 is 11.8 Å². The van der Waals surface area contributed by atoms with Crippen molar-refractivity contribution in [2.24, 2.45) is 5.92 Å². The van der Waals surface area contributed by atoms with Crippen LogP contribution in [0.1, 0.15) is 12.8 Å². The Balaban J connectivity index is 1.20.